The predicted octanol–water partition coefficient (Wildman–Crippen LogP) is 8.16. The summed E-state index contributed by atoms with van der Waals surface area (Å²) in [6, 6.07) is 2.40. The molecule has 4 heteroatoms. The average molecular weight is 428 g/mol. The number of rotatable bonds is 6. The van der Waals surface area contributed by atoms with Crippen molar-refractivity contribution in [3.8, 4) is 11.8 Å². The molecular weight excluding hydrogens is 396 g/mol. The summed E-state index contributed by atoms with van der Waals surface area (Å²) in [6.07, 6.45) is 16.5. The van der Waals surface area contributed by atoms with Crippen LogP contribution in [0.2, 0.25) is 0 Å². The predicted molar refractivity (Wildman–Crippen MR) is 123 cm³/mol. The summed E-state index contributed by atoms with van der Waals surface area (Å²) in [5.74, 6) is 7.07. The zero-order valence-electron chi connectivity index (χ0n) is 17.9. The molecule has 1 saturated carbocycles. The molecule has 0 radical (unpaired) electrons. The molecule has 2 aliphatic rings. The molecule has 160 valence electrons. The number of aliphatic imine (C=N–C) groups is 1. The number of hydrogen-bond acceptors (Lipinski definition) is 2. The summed E-state index contributed by atoms with van der Waals surface area (Å²) in [6.45, 7) is 2.27. The third-order valence-corrected chi connectivity index (χ3v) is 6.86. The van der Waals surface area contributed by atoms with E-state index >= 15 is 0 Å². The molecule has 0 amide bonds. The van der Waals surface area contributed by atoms with Crippen LogP contribution < -0.4 is 0 Å². The molecule has 0 saturated heterocycles. The van der Waals surface area contributed by atoms with E-state index in [0.717, 1.165) is 36.2 Å². The molecular formula is C26H31F2NS. The van der Waals surface area contributed by atoms with Gasteiger partial charge in [-0.15, -0.1) is 0 Å². The highest BCUT2D eigenvalue weighted by molar-refractivity contribution is 7.78. The molecule has 1 nitrogen and oxygen atoms in total. The van der Waals surface area contributed by atoms with E-state index < -0.39 is 17.3 Å². The summed E-state index contributed by atoms with van der Waals surface area (Å²) < 4.78 is 27.9. The summed E-state index contributed by atoms with van der Waals surface area (Å²) >= 11 is 4.42. The first-order chi connectivity index (χ1) is 14.6. The highest BCUT2D eigenvalue weighted by atomic mass is 32.1. The Hall–Kier alpha value is -1.82. The molecule has 0 aromatic heterocycles. The Balaban J connectivity index is 1.52. The van der Waals surface area contributed by atoms with Gasteiger partial charge in [0.1, 0.15) is 5.69 Å². The Kier molecular flexibility index (Phi) is 8.79. The fourth-order valence-electron chi connectivity index (χ4n) is 4.97. The normalized spacial score (nSPS) is 23.7. The van der Waals surface area contributed by atoms with Crippen molar-refractivity contribution in [2.75, 3.05) is 0 Å². The van der Waals surface area contributed by atoms with Crippen molar-refractivity contribution in [2.24, 2.45) is 22.7 Å². The van der Waals surface area contributed by atoms with E-state index in [1.165, 1.54) is 69.9 Å². The van der Waals surface area contributed by atoms with Crippen LogP contribution in [0.1, 0.15) is 83.1 Å². The van der Waals surface area contributed by atoms with Crippen LogP contribution in [0.25, 0.3) is 0 Å². The maximum Gasteiger partial charge on any atom is 0.153 e. The van der Waals surface area contributed by atoms with Gasteiger partial charge in [-0.2, -0.15) is 4.99 Å². The summed E-state index contributed by atoms with van der Waals surface area (Å²) in [5.41, 5.74) is 0.995. The van der Waals surface area contributed by atoms with Crippen LogP contribution >= 0.6 is 12.2 Å². The molecule has 1 unspecified atom stereocenters. The molecule has 3 rings (SSSR count). The monoisotopic (exact) mass is 427 g/mol. The molecule has 1 atom stereocenters. The molecule has 2 aliphatic carbocycles. The molecule has 1 aromatic carbocycles. The Morgan fingerprint density at radius 2 is 1.73 bits per heavy atom. The van der Waals surface area contributed by atoms with Gasteiger partial charge in [0.15, 0.2) is 11.6 Å². The lowest BCUT2D eigenvalue weighted by Gasteiger charge is -2.35. The lowest BCUT2D eigenvalue weighted by molar-refractivity contribution is 0.186. The summed E-state index contributed by atoms with van der Waals surface area (Å²) in [7, 11) is 0. The zero-order valence-corrected chi connectivity index (χ0v) is 18.7. The molecule has 0 N–H and O–H groups in total. The SMILES string of the molecule is CCCCCC1CCC(C2CC=C(C#Cc3cc(F)c(N=C=S)c(F)c3)CC2)CC1. The van der Waals surface area contributed by atoms with Gasteiger partial charge in [-0.1, -0.05) is 63.4 Å². The minimum atomic E-state index is -0.764. The van der Waals surface area contributed by atoms with Crippen molar-refractivity contribution in [2.45, 2.75) is 77.6 Å². The van der Waals surface area contributed by atoms with E-state index in [0.29, 0.717) is 5.56 Å². The molecule has 1 fully saturated rings. The molecule has 0 spiro atoms. The van der Waals surface area contributed by atoms with Gasteiger partial charge in [-0.3, -0.25) is 0 Å². The van der Waals surface area contributed by atoms with E-state index in [2.05, 4.69) is 42.1 Å². The lowest BCUT2D eigenvalue weighted by atomic mass is 9.70. The Bertz CT molecular complexity index is 842. The minimum Gasteiger partial charge on any atom is -0.204 e. The molecule has 0 bridgehead atoms. The van der Waals surface area contributed by atoms with Crippen LogP contribution in [-0.4, -0.2) is 5.16 Å². The third kappa shape index (κ3) is 6.34. The highest BCUT2D eigenvalue weighted by Crippen LogP contribution is 2.40. The van der Waals surface area contributed by atoms with Crippen molar-refractivity contribution in [1.82, 2.24) is 0 Å². The molecule has 30 heavy (non-hydrogen) atoms. The van der Waals surface area contributed by atoms with Gasteiger partial charge in [0, 0.05) is 5.56 Å². The van der Waals surface area contributed by atoms with E-state index in [-0.39, 0.29) is 0 Å². The van der Waals surface area contributed by atoms with Gasteiger partial charge >= 0.3 is 0 Å². The van der Waals surface area contributed by atoms with Gasteiger partial charge in [0.2, 0.25) is 0 Å². The van der Waals surface area contributed by atoms with Crippen molar-refractivity contribution in [3.05, 3.63) is 41.0 Å². The smallest absolute Gasteiger partial charge is 0.153 e. The minimum absolute atomic E-state index is 0.317. The Labute approximate surface area is 185 Å². The number of hydrogen-bond donors (Lipinski definition) is 0. The van der Waals surface area contributed by atoms with Crippen molar-refractivity contribution in [3.63, 3.8) is 0 Å². The number of isothiocyanates is 1. The van der Waals surface area contributed by atoms with Crippen LogP contribution in [0.4, 0.5) is 14.5 Å². The average Bonchev–Trinajstić information content (AvgIpc) is 2.76. The van der Waals surface area contributed by atoms with Gasteiger partial charge in [-0.25, -0.2) is 8.78 Å². The molecule has 1 aromatic rings. The van der Waals surface area contributed by atoms with Crippen LogP contribution in [-0.2, 0) is 0 Å². The molecule has 0 aliphatic heterocycles. The zero-order chi connectivity index (χ0) is 21.3. The van der Waals surface area contributed by atoms with Crippen LogP contribution in [0.5, 0.6) is 0 Å². The Morgan fingerprint density at radius 1 is 1.00 bits per heavy atom. The van der Waals surface area contributed by atoms with Crippen molar-refractivity contribution >= 4 is 23.1 Å². The largest absolute Gasteiger partial charge is 0.204 e. The van der Waals surface area contributed by atoms with E-state index in [1.807, 2.05) is 5.16 Å². The number of halogens is 2. The maximum absolute atomic E-state index is 13.9. The summed E-state index contributed by atoms with van der Waals surface area (Å²) in [5, 5.41) is 2.00. The van der Waals surface area contributed by atoms with Crippen molar-refractivity contribution < 1.29 is 8.78 Å². The maximum atomic E-state index is 13.9. The van der Waals surface area contributed by atoms with E-state index in [1.54, 1.807) is 0 Å². The second-order valence-electron chi connectivity index (χ2n) is 8.78. The van der Waals surface area contributed by atoms with Crippen LogP contribution in [0, 0.1) is 41.2 Å². The first-order valence-electron chi connectivity index (χ1n) is 11.4. The van der Waals surface area contributed by atoms with Gasteiger partial charge in [0.05, 0.1) is 5.16 Å². The highest BCUT2D eigenvalue weighted by Gasteiger charge is 2.28. The quantitative estimate of drug-likeness (QED) is 0.193. The first-order valence-corrected chi connectivity index (χ1v) is 11.8. The van der Waals surface area contributed by atoms with Crippen LogP contribution in [0.15, 0.2) is 28.8 Å². The number of allylic oxidation sites excluding steroid dienone is 2. The van der Waals surface area contributed by atoms with Gasteiger partial charge in [0.25, 0.3) is 0 Å². The number of nitrogens with zero attached hydrogens (tertiary/aromatic N) is 1. The fourth-order valence-corrected chi connectivity index (χ4v) is 5.06. The number of unbranched alkanes of at least 4 members (excludes halogenated alkanes) is 2. The first kappa shape index (κ1) is 22.9. The van der Waals surface area contributed by atoms with Crippen molar-refractivity contribution in [1.29, 1.82) is 0 Å². The number of thiocarbonyl (C=S) groups is 1. The van der Waals surface area contributed by atoms with E-state index in [9.17, 15) is 8.78 Å². The fraction of sp³-hybridized carbons (Fsp3) is 0.577. The standard InChI is InChI=1S/C26H31F2NS/c1-2-3-4-5-19-8-12-22(13-9-19)23-14-10-20(11-15-23)6-7-21-16-24(27)26(29-18-30)25(28)17-21/h10,16-17,19,22-23H,2-5,8-9,11-15H2,1H3. The molecule has 0 heterocycles. The second-order valence-corrected chi connectivity index (χ2v) is 8.96. The van der Waals surface area contributed by atoms with Gasteiger partial charge < -0.3 is 0 Å². The second kappa shape index (κ2) is 11.5. The van der Waals surface area contributed by atoms with Crippen LogP contribution in [0.3, 0.4) is 0 Å². The lowest BCUT2D eigenvalue weighted by Crippen LogP contribution is -2.23. The van der Waals surface area contributed by atoms with Gasteiger partial charge in [-0.05, 0) is 79.8 Å². The number of benzene rings is 1. The summed E-state index contributed by atoms with van der Waals surface area (Å²) in [4.78, 5) is 3.43. The topological polar surface area (TPSA) is 12.4 Å². The Morgan fingerprint density at radius 3 is 2.33 bits per heavy atom. The third-order valence-electron chi connectivity index (χ3n) is 6.77. The van der Waals surface area contributed by atoms with E-state index in [4.69, 9.17) is 0 Å².